The summed E-state index contributed by atoms with van der Waals surface area (Å²) in [7, 11) is -3.16. The van der Waals surface area contributed by atoms with Crippen molar-refractivity contribution in [3.05, 3.63) is 47.8 Å². The van der Waals surface area contributed by atoms with Gasteiger partial charge in [0.1, 0.15) is 6.11 Å². The first-order valence-electron chi connectivity index (χ1n) is 13.8. The van der Waals surface area contributed by atoms with Gasteiger partial charge in [-0.25, -0.2) is 23.4 Å². The van der Waals surface area contributed by atoms with E-state index in [4.69, 9.17) is 4.74 Å². The fourth-order valence-corrected chi connectivity index (χ4v) is 7.94. The molecular formula is C29H33N5O3S2. The minimum Gasteiger partial charge on any atom is -0.377 e. The summed E-state index contributed by atoms with van der Waals surface area (Å²) in [5.41, 5.74) is 4.35. The van der Waals surface area contributed by atoms with Gasteiger partial charge in [-0.3, -0.25) is 0 Å². The maximum Gasteiger partial charge on any atom is 0.289 e. The molecule has 0 radical (unpaired) electrons. The van der Waals surface area contributed by atoms with Gasteiger partial charge in [0.15, 0.2) is 0 Å². The molecule has 3 atom stereocenters. The Kier molecular flexibility index (Phi) is 7.31. The summed E-state index contributed by atoms with van der Waals surface area (Å²) in [5, 5.41) is 0.553. The maximum absolute atomic E-state index is 12.4. The molecule has 3 aromatic rings. The van der Waals surface area contributed by atoms with Crippen molar-refractivity contribution in [1.29, 1.82) is 0 Å². The molecule has 0 bridgehead atoms. The second-order valence-electron chi connectivity index (χ2n) is 10.6. The van der Waals surface area contributed by atoms with E-state index in [1.165, 1.54) is 22.5 Å². The molecule has 1 unspecified atom stereocenters. The highest BCUT2D eigenvalue weighted by atomic mass is 32.2. The molecular weight excluding hydrogens is 530 g/mol. The second kappa shape index (κ2) is 10.9. The molecule has 1 aromatic carbocycles. The third-order valence-corrected chi connectivity index (χ3v) is 10.8. The summed E-state index contributed by atoms with van der Waals surface area (Å²) in [6.45, 7) is 6.90. The number of aromatic nitrogens is 3. The summed E-state index contributed by atoms with van der Waals surface area (Å²) in [5.74, 6) is 5.79. The highest BCUT2D eigenvalue weighted by Crippen LogP contribution is 2.51. The lowest BCUT2D eigenvalue weighted by Crippen LogP contribution is -2.36. The van der Waals surface area contributed by atoms with Crippen molar-refractivity contribution in [2.45, 2.75) is 39.5 Å². The fourth-order valence-electron chi connectivity index (χ4n) is 5.67. The third kappa shape index (κ3) is 5.53. The van der Waals surface area contributed by atoms with Gasteiger partial charge in [0, 0.05) is 44.5 Å². The van der Waals surface area contributed by atoms with Gasteiger partial charge < -0.3 is 9.64 Å². The number of fused-ring (bicyclic) bond motifs is 2. The molecule has 39 heavy (non-hydrogen) atoms. The number of sulfonamides is 1. The van der Waals surface area contributed by atoms with Crippen LogP contribution in [-0.4, -0.2) is 59.6 Å². The van der Waals surface area contributed by atoms with Crippen molar-refractivity contribution < 1.29 is 13.2 Å². The Morgan fingerprint density at radius 3 is 2.62 bits per heavy atom. The molecule has 2 aromatic heterocycles. The monoisotopic (exact) mass is 563 g/mol. The van der Waals surface area contributed by atoms with Crippen LogP contribution in [0.1, 0.15) is 44.2 Å². The fraction of sp³-hybridized carbons (Fsp3) is 0.483. The van der Waals surface area contributed by atoms with Gasteiger partial charge in [-0.2, -0.15) is 4.31 Å². The lowest BCUT2D eigenvalue weighted by molar-refractivity contribution is 0.440. The van der Waals surface area contributed by atoms with Gasteiger partial charge in [0.2, 0.25) is 16.0 Å². The Bertz CT molecular complexity index is 1540. The number of aryl methyl sites for hydroxylation is 1. The predicted molar refractivity (Wildman–Crippen MR) is 155 cm³/mol. The van der Waals surface area contributed by atoms with Crippen molar-refractivity contribution in [1.82, 2.24) is 19.3 Å². The number of ether oxygens (including phenoxy) is 1. The van der Waals surface area contributed by atoms with Gasteiger partial charge >= 0.3 is 0 Å². The molecule has 6 rings (SSSR count). The van der Waals surface area contributed by atoms with Crippen LogP contribution in [0.25, 0.3) is 15.8 Å². The van der Waals surface area contributed by atoms with Crippen LogP contribution in [0, 0.1) is 29.8 Å². The Labute approximate surface area is 234 Å². The van der Waals surface area contributed by atoms with Gasteiger partial charge in [-0.1, -0.05) is 49.7 Å². The van der Waals surface area contributed by atoms with Crippen LogP contribution >= 0.6 is 11.3 Å². The van der Waals surface area contributed by atoms with Crippen molar-refractivity contribution in [2.24, 2.45) is 17.8 Å². The quantitative estimate of drug-likeness (QED) is 0.371. The summed E-state index contributed by atoms with van der Waals surface area (Å²) in [6.07, 6.45) is 12.3. The topological polar surface area (TPSA) is 88.5 Å². The highest BCUT2D eigenvalue weighted by molar-refractivity contribution is 7.89. The number of hydrogen-bond acceptors (Lipinski definition) is 8. The second-order valence-corrected chi connectivity index (χ2v) is 13.6. The molecule has 1 aliphatic carbocycles. The molecule has 204 valence electrons. The molecule has 1 saturated carbocycles. The van der Waals surface area contributed by atoms with Gasteiger partial charge in [0.25, 0.3) is 5.19 Å². The number of rotatable bonds is 8. The predicted octanol–water partition coefficient (Wildman–Crippen LogP) is 4.59. The van der Waals surface area contributed by atoms with E-state index in [0.717, 1.165) is 47.7 Å². The largest absolute Gasteiger partial charge is 0.377 e. The first-order chi connectivity index (χ1) is 18.9. The van der Waals surface area contributed by atoms with Gasteiger partial charge in [-0.15, -0.1) is 0 Å². The Hall–Kier alpha value is -3.00. The average molecular weight is 564 g/mol. The molecule has 1 saturated heterocycles. The normalized spacial score (nSPS) is 22.8. The van der Waals surface area contributed by atoms with Gasteiger partial charge in [0.05, 0.1) is 16.0 Å². The van der Waals surface area contributed by atoms with Crippen LogP contribution in [0.15, 0.2) is 36.7 Å². The highest BCUT2D eigenvalue weighted by Gasteiger charge is 2.55. The lowest BCUT2D eigenvalue weighted by Gasteiger charge is -2.25. The number of benzene rings is 1. The van der Waals surface area contributed by atoms with Crippen LogP contribution in [0.4, 0.5) is 5.95 Å². The van der Waals surface area contributed by atoms with E-state index >= 15 is 0 Å². The average Bonchev–Trinajstić information content (AvgIpc) is 3.25. The maximum atomic E-state index is 12.4. The zero-order valence-electron chi connectivity index (χ0n) is 22.3. The summed E-state index contributed by atoms with van der Waals surface area (Å²) < 4.78 is 33.1. The standard InChI is InChI=1S/C29H33N5O3S2/c1-3-5-20-16-30-28(31-17-20)33-18-24-23(25(24)19-33)10-13-37-29-32-26-7-6-22(15-27(26)38-29)21-8-11-34(12-9-21)39(35,36)14-4-2/h6-8,15-17,23-25H,3-5,9,11-12,14,18-19H2,1-2H3/t23?,24-,25+. The number of piperidine rings is 1. The van der Waals surface area contributed by atoms with E-state index in [0.29, 0.717) is 48.9 Å². The minimum atomic E-state index is -3.16. The smallest absolute Gasteiger partial charge is 0.289 e. The van der Waals surface area contributed by atoms with E-state index in [-0.39, 0.29) is 5.75 Å². The molecule has 0 spiro atoms. The number of nitrogens with zero attached hydrogens (tertiary/aromatic N) is 5. The van der Waals surface area contributed by atoms with Crippen LogP contribution in [0.3, 0.4) is 0 Å². The summed E-state index contributed by atoms with van der Waals surface area (Å²) >= 11 is 1.49. The molecule has 4 heterocycles. The van der Waals surface area contributed by atoms with Gasteiger partial charge in [-0.05, 0) is 59.9 Å². The lowest BCUT2D eigenvalue weighted by atomic mass is 10.0. The van der Waals surface area contributed by atoms with Crippen molar-refractivity contribution in [3.8, 4) is 17.2 Å². The Morgan fingerprint density at radius 1 is 1.13 bits per heavy atom. The summed E-state index contributed by atoms with van der Waals surface area (Å²) in [6, 6.07) is 6.17. The van der Waals surface area contributed by atoms with E-state index in [9.17, 15) is 8.42 Å². The molecule has 10 heteroatoms. The Balaban J connectivity index is 1.04. The van der Waals surface area contributed by atoms with E-state index < -0.39 is 10.0 Å². The first-order valence-corrected chi connectivity index (χ1v) is 16.2. The van der Waals surface area contributed by atoms with Crippen LogP contribution in [-0.2, 0) is 16.4 Å². The molecule has 3 aliphatic rings. The van der Waals surface area contributed by atoms with E-state index in [1.54, 1.807) is 4.31 Å². The zero-order chi connectivity index (χ0) is 27.0. The SMILES string of the molecule is CCCc1cnc(N2C[C@@H]3C(C#COc4nc5ccc(C6=CCN(S(=O)(=O)CCC)CC6)cc5s4)[C@@H]3C2)nc1. The van der Waals surface area contributed by atoms with Crippen molar-refractivity contribution >= 4 is 43.1 Å². The minimum absolute atomic E-state index is 0.206. The van der Waals surface area contributed by atoms with Crippen LogP contribution < -0.4 is 9.64 Å². The van der Waals surface area contributed by atoms with Crippen LogP contribution in [0.2, 0.25) is 0 Å². The number of thiazole rings is 1. The van der Waals surface area contributed by atoms with Crippen molar-refractivity contribution in [2.75, 3.05) is 36.8 Å². The molecule has 0 amide bonds. The van der Waals surface area contributed by atoms with Crippen molar-refractivity contribution in [3.63, 3.8) is 0 Å². The third-order valence-electron chi connectivity index (χ3n) is 7.84. The van der Waals surface area contributed by atoms with E-state index in [2.05, 4.69) is 50.9 Å². The molecule has 2 fully saturated rings. The number of anilines is 1. The zero-order valence-corrected chi connectivity index (χ0v) is 24.0. The summed E-state index contributed by atoms with van der Waals surface area (Å²) in [4.78, 5) is 16.0. The first kappa shape index (κ1) is 26.2. The molecule has 2 aliphatic heterocycles. The van der Waals surface area contributed by atoms with Crippen LogP contribution in [0.5, 0.6) is 5.19 Å². The Morgan fingerprint density at radius 2 is 1.92 bits per heavy atom. The van der Waals surface area contributed by atoms with E-state index in [1.807, 2.05) is 31.5 Å². The number of hydrogen-bond donors (Lipinski definition) is 0. The molecule has 0 N–H and O–H groups in total. The molecule has 8 nitrogen and oxygen atoms in total.